The largest absolute Gasteiger partial charge is 0.381 e. The minimum absolute atomic E-state index is 0.375. The van der Waals surface area contributed by atoms with Crippen molar-refractivity contribution in [2.45, 2.75) is 31.2 Å². The highest BCUT2D eigenvalue weighted by atomic mass is 16.5. The predicted octanol–water partition coefficient (Wildman–Crippen LogP) is 1.18. The zero-order chi connectivity index (χ0) is 12.7. The molecule has 0 amide bonds. The van der Waals surface area contributed by atoms with Crippen molar-refractivity contribution in [2.75, 3.05) is 38.3 Å². The quantitative estimate of drug-likeness (QED) is 0.869. The first-order chi connectivity index (χ1) is 9.42. The van der Waals surface area contributed by atoms with Crippen molar-refractivity contribution in [2.24, 2.45) is 5.92 Å². The SMILES string of the molecule is C1CC(C2CCOC2)n2nc(C3CCOC3)nc2N1. The molecule has 2 fully saturated rings. The molecule has 0 spiro atoms. The van der Waals surface area contributed by atoms with Gasteiger partial charge in [-0.25, -0.2) is 4.68 Å². The smallest absolute Gasteiger partial charge is 0.221 e. The van der Waals surface area contributed by atoms with Crippen LogP contribution in [0.3, 0.4) is 0 Å². The van der Waals surface area contributed by atoms with Crippen molar-refractivity contribution in [3.8, 4) is 0 Å². The van der Waals surface area contributed by atoms with Gasteiger partial charge in [0.2, 0.25) is 5.95 Å². The van der Waals surface area contributed by atoms with Gasteiger partial charge in [-0.3, -0.25) is 0 Å². The van der Waals surface area contributed by atoms with E-state index in [2.05, 4.69) is 15.0 Å². The first-order valence-corrected chi connectivity index (χ1v) is 7.27. The second-order valence-corrected chi connectivity index (χ2v) is 5.71. The fraction of sp³-hybridized carbons (Fsp3) is 0.846. The molecular weight excluding hydrogens is 244 g/mol. The average Bonchev–Trinajstić information content (AvgIpc) is 3.18. The van der Waals surface area contributed by atoms with Gasteiger partial charge in [-0.1, -0.05) is 0 Å². The maximum atomic E-state index is 5.53. The van der Waals surface area contributed by atoms with Gasteiger partial charge < -0.3 is 14.8 Å². The van der Waals surface area contributed by atoms with Gasteiger partial charge >= 0.3 is 0 Å². The molecule has 2 saturated heterocycles. The summed E-state index contributed by atoms with van der Waals surface area (Å²) in [4.78, 5) is 4.67. The lowest BCUT2D eigenvalue weighted by Crippen LogP contribution is -2.29. The van der Waals surface area contributed by atoms with Crippen LogP contribution in [-0.4, -0.2) is 47.7 Å². The molecule has 6 nitrogen and oxygen atoms in total. The summed E-state index contributed by atoms with van der Waals surface area (Å²) in [5.74, 6) is 2.85. The monoisotopic (exact) mass is 264 g/mol. The summed E-state index contributed by atoms with van der Waals surface area (Å²) in [6.45, 7) is 4.34. The second-order valence-electron chi connectivity index (χ2n) is 5.71. The van der Waals surface area contributed by atoms with Gasteiger partial charge in [0.1, 0.15) is 0 Å². The van der Waals surface area contributed by atoms with Gasteiger partial charge in [0.05, 0.1) is 19.3 Å². The Morgan fingerprint density at radius 2 is 2.00 bits per heavy atom. The van der Waals surface area contributed by atoms with Crippen LogP contribution >= 0.6 is 0 Å². The third-order valence-corrected chi connectivity index (χ3v) is 4.49. The van der Waals surface area contributed by atoms with Crippen LogP contribution in [0.15, 0.2) is 0 Å². The molecule has 3 atom stereocenters. The van der Waals surface area contributed by atoms with E-state index in [-0.39, 0.29) is 0 Å². The van der Waals surface area contributed by atoms with Crippen molar-refractivity contribution in [1.82, 2.24) is 14.8 Å². The molecule has 3 aliphatic rings. The fourth-order valence-electron chi connectivity index (χ4n) is 3.35. The Balaban J connectivity index is 1.62. The number of nitrogens with one attached hydrogen (secondary N) is 1. The van der Waals surface area contributed by atoms with Gasteiger partial charge in [0, 0.05) is 31.6 Å². The molecule has 19 heavy (non-hydrogen) atoms. The van der Waals surface area contributed by atoms with E-state index in [1.54, 1.807) is 0 Å². The van der Waals surface area contributed by atoms with Crippen molar-refractivity contribution in [3.63, 3.8) is 0 Å². The number of aromatic nitrogens is 3. The van der Waals surface area contributed by atoms with Crippen molar-refractivity contribution in [3.05, 3.63) is 5.82 Å². The number of hydrogen-bond donors (Lipinski definition) is 1. The number of fused-ring (bicyclic) bond motifs is 1. The zero-order valence-electron chi connectivity index (χ0n) is 11.0. The Labute approximate surface area is 112 Å². The lowest BCUT2D eigenvalue weighted by Gasteiger charge is -2.28. The first-order valence-electron chi connectivity index (χ1n) is 7.27. The van der Waals surface area contributed by atoms with E-state index in [4.69, 9.17) is 14.6 Å². The van der Waals surface area contributed by atoms with E-state index in [0.29, 0.717) is 17.9 Å². The van der Waals surface area contributed by atoms with Gasteiger partial charge in [0.25, 0.3) is 0 Å². The summed E-state index contributed by atoms with van der Waals surface area (Å²) in [6.07, 6.45) is 3.30. The predicted molar refractivity (Wildman–Crippen MR) is 69.3 cm³/mol. The molecule has 0 aliphatic carbocycles. The number of anilines is 1. The molecule has 4 heterocycles. The molecule has 0 radical (unpaired) electrons. The minimum Gasteiger partial charge on any atom is -0.381 e. The van der Waals surface area contributed by atoms with Crippen LogP contribution in [0.1, 0.15) is 37.0 Å². The highest BCUT2D eigenvalue weighted by molar-refractivity contribution is 5.29. The first kappa shape index (κ1) is 11.7. The normalized spacial score (nSPS) is 34.2. The lowest BCUT2D eigenvalue weighted by atomic mass is 9.95. The zero-order valence-corrected chi connectivity index (χ0v) is 11.0. The Morgan fingerprint density at radius 3 is 2.79 bits per heavy atom. The standard InChI is InChI=1S/C13H20N4O2/c1-4-14-13-15-12(10-3-6-19-8-10)16-17(13)11(1)9-2-5-18-7-9/h9-11H,1-8H2,(H,14,15,16). The molecule has 6 heteroatoms. The topological polar surface area (TPSA) is 61.2 Å². The summed E-state index contributed by atoms with van der Waals surface area (Å²) < 4.78 is 13.1. The molecule has 104 valence electrons. The number of rotatable bonds is 2. The molecular formula is C13H20N4O2. The van der Waals surface area contributed by atoms with Crippen LogP contribution < -0.4 is 5.32 Å². The minimum atomic E-state index is 0.375. The number of hydrogen-bond acceptors (Lipinski definition) is 5. The van der Waals surface area contributed by atoms with Gasteiger partial charge in [-0.05, 0) is 19.3 Å². The van der Waals surface area contributed by atoms with E-state index < -0.39 is 0 Å². The average molecular weight is 264 g/mol. The molecule has 0 saturated carbocycles. The summed E-state index contributed by atoms with van der Waals surface area (Å²) >= 11 is 0. The third-order valence-electron chi connectivity index (χ3n) is 4.49. The number of nitrogens with zero attached hydrogens (tertiary/aromatic N) is 3. The molecule has 1 N–H and O–H groups in total. The summed E-state index contributed by atoms with van der Waals surface area (Å²) in [5, 5.41) is 8.13. The highest BCUT2D eigenvalue weighted by Gasteiger charge is 2.33. The van der Waals surface area contributed by atoms with Gasteiger partial charge in [0.15, 0.2) is 5.82 Å². The Bertz CT molecular complexity index is 449. The van der Waals surface area contributed by atoms with Crippen LogP contribution in [0.5, 0.6) is 0 Å². The van der Waals surface area contributed by atoms with Crippen LogP contribution in [0, 0.1) is 5.92 Å². The fourth-order valence-corrected chi connectivity index (χ4v) is 3.35. The molecule has 0 bridgehead atoms. The summed E-state index contributed by atoms with van der Waals surface area (Å²) in [6, 6.07) is 0.447. The van der Waals surface area contributed by atoms with E-state index in [1.807, 2.05) is 0 Å². The number of ether oxygens (including phenoxy) is 2. The molecule has 0 aromatic carbocycles. The lowest BCUT2D eigenvalue weighted by molar-refractivity contribution is 0.167. The highest BCUT2D eigenvalue weighted by Crippen LogP contribution is 2.34. The van der Waals surface area contributed by atoms with Crippen LogP contribution in [0.2, 0.25) is 0 Å². The Kier molecular flexibility index (Phi) is 2.92. The van der Waals surface area contributed by atoms with Crippen molar-refractivity contribution in [1.29, 1.82) is 0 Å². The third kappa shape index (κ3) is 2.03. The van der Waals surface area contributed by atoms with Gasteiger partial charge in [-0.2, -0.15) is 10.1 Å². The maximum absolute atomic E-state index is 5.53. The maximum Gasteiger partial charge on any atom is 0.221 e. The Hall–Kier alpha value is -1.14. The van der Waals surface area contributed by atoms with E-state index in [0.717, 1.165) is 64.0 Å². The molecule has 1 aromatic heterocycles. The molecule has 1 aromatic rings. The second kappa shape index (κ2) is 4.76. The van der Waals surface area contributed by atoms with Gasteiger partial charge in [-0.15, -0.1) is 0 Å². The van der Waals surface area contributed by atoms with E-state index >= 15 is 0 Å². The molecule has 3 aliphatic heterocycles. The summed E-state index contributed by atoms with van der Waals surface area (Å²) in [5.41, 5.74) is 0. The van der Waals surface area contributed by atoms with Crippen LogP contribution in [0.25, 0.3) is 0 Å². The molecule has 3 unspecified atom stereocenters. The van der Waals surface area contributed by atoms with Crippen molar-refractivity contribution < 1.29 is 9.47 Å². The van der Waals surface area contributed by atoms with Crippen LogP contribution in [-0.2, 0) is 9.47 Å². The Morgan fingerprint density at radius 1 is 1.11 bits per heavy atom. The van der Waals surface area contributed by atoms with E-state index in [1.165, 1.54) is 0 Å². The summed E-state index contributed by atoms with van der Waals surface area (Å²) in [7, 11) is 0. The molecule has 4 rings (SSSR count). The van der Waals surface area contributed by atoms with Crippen molar-refractivity contribution >= 4 is 5.95 Å². The van der Waals surface area contributed by atoms with E-state index in [9.17, 15) is 0 Å². The van der Waals surface area contributed by atoms with Crippen LogP contribution in [0.4, 0.5) is 5.95 Å².